The average Bonchev–Trinajstić information content (AvgIpc) is 2.51. The highest BCUT2D eigenvalue weighted by atomic mass is 79.9. The first-order chi connectivity index (χ1) is 6.13. The van der Waals surface area contributed by atoms with Gasteiger partial charge in [-0.2, -0.15) is 0 Å². The summed E-state index contributed by atoms with van der Waals surface area (Å²) in [6.07, 6.45) is 0.226. The zero-order valence-corrected chi connectivity index (χ0v) is 9.52. The second-order valence-corrected chi connectivity index (χ2v) is 4.41. The van der Waals surface area contributed by atoms with Gasteiger partial charge >= 0.3 is 5.97 Å². The number of carbonyl (C=O) groups is 1. The van der Waals surface area contributed by atoms with Crippen LogP contribution in [0.4, 0.5) is 0 Å². The minimum Gasteiger partial charge on any atom is -0.469 e. The van der Waals surface area contributed by atoms with Gasteiger partial charge in [0.2, 0.25) is 0 Å². The Hall–Kier alpha value is -0.390. The van der Waals surface area contributed by atoms with Crippen LogP contribution in [0.5, 0.6) is 0 Å². The molecule has 0 saturated heterocycles. The molecular formula is C8H10BrNO2S. The first-order valence-corrected chi connectivity index (χ1v) is 5.37. The van der Waals surface area contributed by atoms with Crippen LogP contribution < -0.4 is 5.73 Å². The van der Waals surface area contributed by atoms with Crippen LogP contribution in [0.1, 0.15) is 17.3 Å². The van der Waals surface area contributed by atoms with Crippen molar-refractivity contribution in [3.63, 3.8) is 0 Å². The number of halogens is 1. The number of hydrogen-bond acceptors (Lipinski definition) is 4. The van der Waals surface area contributed by atoms with Gasteiger partial charge in [0.05, 0.1) is 13.5 Å². The van der Waals surface area contributed by atoms with Gasteiger partial charge in [0.25, 0.3) is 0 Å². The van der Waals surface area contributed by atoms with Gasteiger partial charge in [-0.3, -0.25) is 4.79 Å². The number of methoxy groups -OCH3 is 1. The van der Waals surface area contributed by atoms with Crippen molar-refractivity contribution in [3.8, 4) is 0 Å². The molecule has 1 aromatic heterocycles. The van der Waals surface area contributed by atoms with Crippen molar-refractivity contribution in [2.24, 2.45) is 5.73 Å². The van der Waals surface area contributed by atoms with Gasteiger partial charge in [-0.1, -0.05) is 0 Å². The Morgan fingerprint density at radius 2 is 2.54 bits per heavy atom. The Balaban J connectivity index is 2.58. The van der Waals surface area contributed by atoms with Crippen LogP contribution in [0.3, 0.4) is 0 Å². The van der Waals surface area contributed by atoms with Crippen LogP contribution in [0.2, 0.25) is 0 Å². The average molecular weight is 264 g/mol. The van der Waals surface area contributed by atoms with E-state index in [1.54, 1.807) is 0 Å². The monoisotopic (exact) mass is 263 g/mol. The highest BCUT2D eigenvalue weighted by Crippen LogP contribution is 2.25. The number of carbonyl (C=O) groups excluding carboxylic acids is 1. The van der Waals surface area contributed by atoms with Crippen molar-refractivity contribution in [3.05, 3.63) is 20.8 Å². The van der Waals surface area contributed by atoms with Crippen molar-refractivity contribution in [2.75, 3.05) is 7.11 Å². The summed E-state index contributed by atoms with van der Waals surface area (Å²) >= 11 is 4.85. The van der Waals surface area contributed by atoms with E-state index in [0.29, 0.717) is 0 Å². The van der Waals surface area contributed by atoms with Gasteiger partial charge in [-0.15, -0.1) is 11.3 Å². The second kappa shape index (κ2) is 4.74. The third-order valence-corrected chi connectivity index (χ3v) is 3.39. The summed E-state index contributed by atoms with van der Waals surface area (Å²) in [5, 5.41) is 1.94. The number of thiophene rings is 1. The van der Waals surface area contributed by atoms with Crippen LogP contribution in [-0.4, -0.2) is 13.1 Å². The van der Waals surface area contributed by atoms with Gasteiger partial charge in [0.1, 0.15) is 0 Å². The van der Waals surface area contributed by atoms with Crippen LogP contribution in [0.15, 0.2) is 15.9 Å². The van der Waals surface area contributed by atoms with Crippen LogP contribution in [0, 0.1) is 0 Å². The summed E-state index contributed by atoms with van der Waals surface area (Å²) in [4.78, 5) is 11.9. The molecule has 0 aliphatic carbocycles. The fourth-order valence-electron chi connectivity index (χ4n) is 0.886. The lowest BCUT2D eigenvalue weighted by atomic mass is 10.2. The lowest BCUT2D eigenvalue weighted by molar-refractivity contribution is -0.141. The summed E-state index contributed by atoms with van der Waals surface area (Å²) in [5.41, 5.74) is 5.77. The molecule has 0 bridgehead atoms. The van der Waals surface area contributed by atoms with Gasteiger partial charge in [0.15, 0.2) is 0 Å². The Morgan fingerprint density at radius 3 is 3.00 bits per heavy atom. The molecule has 5 heteroatoms. The molecule has 72 valence electrons. The van der Waals surface area contributed by atoms with Gasteiger partial charge in [-0.25, -0.2) is 0 Å². The summed E-state index contributed by atoms with van der Waals surface area (Å²) < 4.78 is 5.52. The standard InChI is InChI=1S/C8H10BrNO2S/c1-12-8(11)3-6(10)7-2-5(9)4-13-7/h2,4,6H,3,10H2,1H3. The van der Waals surface area contributed by atoms with E-state index in [1.165, 1.54) is 18.4 Å². The van der Waals surface area contributed by atoms with E-state index in [1.807, 2.05) is 11.4 Å². The first-order valence-electron chi connectivity index (χ1n) is 3.70. The fourth-order valence-corrected chi connectivity index (χ4v) is 2.33. The maximum atomic E-state index is 10.9. The minimum absolute atomic E-state index is 0.226. The van der Waals surface area contributed by atoms with Crippen molar-refractivity contribution in [2.45, 2.75) is 12.5 Å². The van der Waals surface area contributed by atoms with E-state index in [4.69, 9.17) is 5.73 Å². The molecule has 0 radical (unpaired) electrons. The maximum Gasteiger partial charge on any atom is 0.307 e. The van der Waals surface area contributed by atoms with Gasteiger partial charge in [0, 0.05) is 20.8 Å². The Labute approximate surface area is 89.0 Å². The molecule has 0 saturated carbocycles. The largest absolute Gasteiger partial charge is 0.469 e. The molecule has 1 rings (SSSR count). The number of hydrogen-bond donors (Lipinski definition) is 1. The smallest absolute Gasteiger partial charge is 0.307 e. The molecule has 0 amide bonds. The molecule has 1 unspecified atom stereocenters. The molecular weight excluding hydrogens is 254 g/mol. The number of esters is 1. The molecule has 1 aromatic rings. The van der Waals surface area contributed by atoms with Crippen LogP contribution in [-0.2, 0) is 9.53 Å². The molecule has 0 spiro atoms. The predicted molar refractivity (Wildman–Crippen MR) is 55.6 cm³/mol. The second-order valence-electron chi connectivity index (χ2n) is 2.55. The third-order valence-electron chi connectivity index (χ3n) is 1.57. The quantitative estimate of drug-likeness (QED) is 0.850. The van der Waals surface area contributed by atoms with E-state index in [9.17, 15) is 4.79 Å². The Bertz CT molecular complexity index is 300. The summed E-state index contributed by atoms with van der Waals surface area (Å²) in [6.45, 7) is 0. The number of rotatable bonds is 3. The molecule has 0 fully saturated rings. The van der Waals surface area contributed by atoms with E-state index >= 15 is 0 Å². The summed E-state index contributed by atoms with van der Waals surface area (Å²) in [5.74, 6) is -0.281. The van der Waals surface area contributed by atoms with E-state index < -0.39 is 0 Å². The van der Waals surface area contributed by atoms with Crippen molar-refractivity contribution in [1.29, 1.82) is 0 Å². The zero-order chi connectivity index (χ0) is 9.84. The normalized spacial score (nSPS) is 12.5. The van der Waals surface area contributed by atoms with Gasteiger partial charge in [-0.05, 0) is 22.0 Å². The van der Waals surface area contributed by atoms with E-state index in [0.717, 1.165) is 9.35 Å². The van der Waals surface area contributed by atoms with E-state index in [-0.39, 0.29) is 18.4 Å². The maximum absolute atomic E-state index is 10.9. The molecule has 0 aromatic carbocycles. The highest BCUT2D eigenvalue weighted by Gasteiger charge is 2.13. The van der Waals surface area contributed by atoms with Crippen molar-refractivity contribution >= 4 is 33.2 Å². The predicted octanol–water partition coefficient (Wildman–Crippen LogP) is 2.07. The lowest BCUT2D eigenvalue weighted by Gasteiger charge is -2.06. The highest BCUT2D eigenvalue weighted by molar-refractivity contribution is 9.10. The Morgan fingerprint density at radius 1 is 1.85 bits per heavy atom. The Kier molecular flexibility index (Phi) is 3.90. The van der Waals surface area contributed by atoms with Crippen LogP contribution >= 0.6 is 27.3 Å². The summed E-state index contributed by atoms with van der Waals surface area (Å²) in [7, 11) is 1.36. The minimum atomic E-state index is -0.281. The number of nitrogens with two attached hydrogens (primary N) is 1. The van der Waals surface area contributed by atoms with Crippen molar-refractivity contribution in [1.82, 2.24) is 0 Å². The molecule has 3 nitrogen and oxygen atoms in total. The van der Waals surface area contributed by atoms with Crippen molar-refractivity contribution < 1.29 is 9.53 Å². The molecule has 1 atom stereocenters. The summed E-state index contributed by atoms with van der Waals surface area (Å²) in [6, 6.07) is 1.65. The molecule has 13 heavy (non-hydrogen) atoms. The molecule has 2 N–H and O–H groups in total. The molecule has 0 aliphatic heterocycles. The fraction of sp³-hybridized carbons (Fsp3) is 0.375. The van der Waals surface area contributed by atoms with E-state index in [2.05, 4.69) is 20.7 Å². The zero-order valence-electron chi connectivity index (χ0n) is 7.12. The number of ether oxygens (including phenoxy) is 1. The lowest BCUT2D eigenvalue weighted by Crippen LogP contribution is -2.15. The third kappa shape index (κ3) is 3.10. The molecule has 0 aliphatic rings. The van der Waals surface area contributed by atoms with Gasteiger partial charge < -0.3 is 10.5 Å². The van der Waals surface area contributed by atoms with Crippen LogP contribution in [0.25, 0.3) is 0 Å². The first kappa shape index (κ1) is 10.7. The topological polar surface area (TPSA) is 52.3 Å². The molecule has 1 heterocycles. The SMILES string of the molecule is COC(=O)CC(N)c1cc(Br)cs1.